The van der Waals surface area contributed by atoms with Crippen molar-refractivity contribution in [3.8, 4) is 11.1 Å². The smallest absolute Gasteiger partial charge is 0.253 e. The Morgan fingerprint density at radius 2 is 1.79 bits per heavy atom. The molecule has 1 amide bonds. The minimum Gasteiger partial charge on any atom is -0.349 e. The highest BCUT2D eigenvalue weighted by molar-refractivity contribution is 5.94. The van der Waals surface area contributed by atoms with Crippen molar-refractivity contribution in [2.75, 3.05) is 13.1 Å². The van der Waals surface area contributed by atoms with E-state index in [0.29, 0.717) is 5.56 Å². The summed E-state index contributed by atoms with van der Waals surface area (Å²) in [6.07, 6.45) is 5.25. The van der Waals surface area contributed by atoms with Crippen LogP contribution in [0.2, 0.25) is 0 Å². The van der Waals surface area contributed by atoms with Crippen LogP contribution in [-0.4, -0.2) is 34.9 Å². The van der Waals surface area contributed by atoms with E-state index in [1.807, 2.05) is 0 Å². The number of carbonyl (C=O) groups excluding carboxylic acids is 1. The molecule has 0 spiro atoms. The van der Waals surface area contributed by atoms with Gasteiger partial charge in [0.25, 0.3) is 5.91 Å². The molecule has 4 rings (SSSR count). The van der Waals surface area contributed by atoms with Crippen LogP contribution in [0.3, 0.4) is 0 Å². The molecule has 1 saturated heterocycles. The number of aryl methyl sites for hydroxylation is 1. The predicted molar refractivity (Wildman–Crippen MR) is 117 cm³/mol. The fraction of sp³-hybridized carbons (Fsp3) is 0.280. The molecule has 4 nitrogen and oxygen atoms in total. The number of carbonyl (C=O) groups is 1. The van der Waals surface area contributed by atoms with Crippen molar-refractivity contribution < 1.29 is 4.79 Å². The first-order valence-electron chi connectivity index (χ1n) is 10.3. The van der Waals surface area contributed by atoms with Crippen LogP contribution in [0, 0.1) is 6.92 Å². The van der Waals surface area contributed by atoms with Crippen molar-refractivity contribution >= 4 is 5.91 Å². The summed E-state index contributed by atoms with van der Waals surface area (Å²) in [5, 5.41) is 3.15. The largest absolute Gasteiger partial charge is 0.349 e. The Labute approximate surface area is 172 Å². The monoisotopic (exact) mass is 385 g/mol. The number of amides is 1. The van der Waals surface area contributed by atoms with E-state index in [-0.39, 0.29) is 11.9 Å². The van der Waals surface area contributed by atoms with Crippen LogP contribution in [0.4, 0.5) is 0 Å². The number of aromatic nitrogens is 1. The molecule has 29 heavy (non-hydrogen) atoms. The van der Waals surface area contributed by atoms with E-state index in [4.69, 9.17) is 0 Å². The highest BCUT2D eigenvalue weighted by Crippen LogP contribution is 2.23. The van der Waals surface area contributed by atoms with Gasteiger partial charge in [0.15, 0.2) is 0 Å². The fourth-order valence-corrected chi connectivity index (χ4v) is 3.93. The molecule has 3 aromatic rings. The number of piperidine rings is 1. The Morgan fingerprint density at radius 1 is 1.03 bits per heavy atom. The molecule has 148 valence electrons. The van der Waals surface area contributed by atoms with E-state index in [1.165, 1.54) is 22.3 Å². The van der Waals surface area contributed by atoms with Crippen molar-refractivity contribution in [2.45, 2.75) is 32.4 Å². The molecule has 0 saturated carbocycles. The van der Waals surface area contributed by atoms with E-state index in [9.17, 15) is 4.79 Å². The summed E-state index contributed by atoms with van der Waals surface area (Å²) in [5.74, 6) is -0.0256. The molecule has 0 bridgehead atoms. The summed E-state index contributed by atoms with van der Waals surface area (Å²) in [5.41, 5.74) is 5.78. The number of nitrogens with one attached hydrogen (secondary N) is 1. The maximum absolute atomic E-state index is 12.3. The Balaban J connectivity index is 1.32. The molecule has 0 unspecified atom stereocenters. The van der Waals surface area contributed by atoms with Crippen LogP contribution >= 0.6 is 0 Å². The lowest BCUT2D eigenvalue weighted by Gasteiger charge is -2.32. The molecule has 0 aliphatic carbocycles. The van der Waals surface area contributed by atoms with Gasteiger partial charge in [0, 0.05) is 38.1 Å². The first-order valence-corrected chi connectivity index (χ1v) is 10.3. The van der Waals surface area contributed by atoms with E-state index in [1.54, 1.807) is 24.5 Å². The van der Waals surface area contributed by atoms with Gasteiger partial charge >= 0.3 is 0 Å². The average molecular weight is 386 g/mol. The SMILES string of the molecule is Cc1cccc(-c2cccc(CN3CCC(NC(=O)c4cccnc4)CC3)c2)c1. The van der Waals surface area contributed by atoms with E-state index in [2.05, 4.69) is 70.7 Å². The number of hydrogen-bond acceptors (Lipinski definition) is 3. The maximum Gasteiger partial charge on any atom is 0.253 e. The number of likely N-dealkylation sites (tertiary alicyclic amines) is 1. The Hall–Kier alpha value is -2.98. The lowest BCUT2D eigenvalue weighted by Crippen LogP contribution is -2.44. The summed E-state index contributed by atoms with van der Waals surface area (Å²) in [7, 11) is 0. The fourth-order valence-electron chi connectivity index (χ4n) is 3.93. The Bertz CT molecular complexity index is 963. The van der Waals surface area contributed by atoms with Gasteiger partial charge in [-0.15, -0.1) is 0 Å². The van der Waals surface area contributed by atoms with Crippen LogP contribution in [0.5, 0.6) is 0 Å². The molecule has 4 heteroatoms. The molecular weight excluding hydrogens is 358 g/mol. The zero-order valence-electron chi connectivity index (χ0n) is 16.8. The van der Waals surface area contributed by atoms with Crippen LogP contribution in [-0.2, 0) is 6.54 Å². The number of hydrogen-bond donors (Lipinski definition) is 1. The second kappa shape index (κ2) is 9.01. The van der Waals surface area contributed by atoms with E-state index >= 15 is 0 Å². The number of nitrogens with zero attached hydrogens (tertiary/aromatic N) is 2. The van der Waals surface area contributed by atoms with E-state index < -0.39 is 0 Å². The van der Waals surface area contributed by atoms with E-state index in [0.717, 1.165) is 32.5 Å². The second-order valence-electron chi connectivity index (χ2n) is 7.84. The molecule has 1 aliphatic rings. The summed E-state index contributed by atoms with van der Waals surface area (Å²) in [6, 6.07) is 21.3. The summed E-state index contributed by atoms with van der Waals surface area (Å²) >= 11 is 0. The topological polar surface area (TPSA) is 45.2 Å². The summed E-state index contributed by atoms with van der Waals surface area (Å²) in [6.45, 7) is 5.06. The molecule has 0 radical (unpaired) electrons. The lowest BCUT2D eigenvalue weighted by molar-refractivity contribution is 0.0908. The van der Waals surface area contributed by atoms with Crippen LogP contribution in [0.15, 0.2) is 73.1 Å². The van der Waals surface area contributed by atoms with Crippen molar-refractivity contribution in [1.29, 1.82) is 0 Å². The highest BCUT2D eigenvalue weighted by Gasteiger charge is 2.21. The van der Waals surface area contributed by atoms with Crippen molar-refractivity contribution in [3.63, 3.8) is 0 Å². The quantitative estimate of drug-likeness (QED) is 0.706. The van der Waals surface area contributed by atoms with Crippen molar-refractivity contribution in [3.05, 3.63) is 89.7 Å². The minimum atomic E-state index is -0.0256. The summed E-state index contributed by atoms with van der Waals surface area (Å²) < 4.78 is 0. The number of benzene rings is 2. The van der Waals surface area contributed by atoms with Crippen LogP contribution < -0.4 is 5.32 Å². The molecular formula is C25H27N3O. The predicted octanol–water partition coefficient (Wildman–Crippen LogP) is 4.45. The van der Waals surface area contributed by atoms with Crippen LogP contribution in [0.1, 0.15) is 34.3 Å². The zero-order chi connectivity index (χ0) is 20.1. The molecule has 1 fully saturated rings. The molecule has 1 N–H and O–H groups in total. The molecule has 2 aromatic carbocycles. The van der Waals surface area contributed by atoms with Gasteiger partial charge in [0.2, 0.25) is 0 Å². The standard InChI is InChI=1S/C25H27N3O/c1-19-5-2-7-21(15-19)22-8-3-6-20(16-22)18-28-13-10-24(11-14-28)27-25(29)23-9-4-12-26-17-23/h2-9,12,15-17,24H,10-11,13-14,18H2,1H3,(H,27,29). The Kier molecular flexibility index (Phi) is 6.01. The van der Waals surface area contributed by atoms with Crippen molar-refractivity contribution in [2.24, 2.45) is 0 Å². The van der Waals surface area contributed by atoms with Gasteiger partial charge < -0.3 is 5.32 Å². The minimum absolute atomic E-state index is 0.0256. The van der Waals surface area contributed by atoms with Crippen LogP contribution in [0.25, 0.3) is 11.1 Å². The summed E-state index contributed by atoms with van der Waals surface area (Å²) in [4.78, 5) is 18.8. The highest BCUT2D eigenvalue weighted by atomic mass is 16.1. The first kappa shape index (κ1) is 19.3. The third kappa shape index (κ3) is 5.09. The Morgan fingerprint density at radius 3 is 2.52 bits per heavy atom. The van der Waals surface area contributed by atoms with Gasteiger partial charge in [-0.2, -0.15) is 0 Å². The maximum atomic E-state index is 12.3. The third-order valence-electron chi connectivity index (χ3n) is 5.53. The lowest BCUT2D eigenvalue weighted by atomic mass is 10.00. The van der Waals surface area contributed by atoms with Crippen molar-refractivity contribution in [1.82, 2.24) is 15.2 Å². The molecule has 1 aromatic heterocycles. The third-order valence-corrected chi connectivity index (χ3v) is 5.53. The zero-order valence-corrected chi connectivity index (χ0v) is 16.8. The van der Waals surface area contributed by atoms with Gasteiger partial charge in [0.05, 0.1) is 5.56 Å². The second-order valence-corrected chi connectivity index (χ2v) is 7.84. The average Bonchev–Trinajstić information content (AvgIpc) is 2.76. The number of pyridine rings is 1. The molecule has 0 atom stereocenters. The van der Waals surface area contributed by atoms with Gasteiger partial charge in [-0.05, 0) is 54.7 Å². The first-order chi connectivity index (χ1) is 14.2. The van der Waals surface area contributed by atoms with Gasteiger partial charge in [0.1, 0.15) is 0 Å². The van der Waals surface area contributed by atoms with Gasteiger partial charge in [-0.25, -0.2) is 0 Å². The van der Waals surface area contributed by atoms with Gasteiger partial charge in [-0.1, -0.05) is 48.0 Å². The normalized spacial score (nSPS) is 15.2. The van der Waals surface area contributed by atoms with Gasteiger partial charge in [-0.3, -0.25) is 14.7 Å². The number of rotatable bonds is 5. The molecule has 2 heterocycles. The molecule has 1 aliphatic heterocycles.